The first-order chi connectivity index (χ1) is 14.7. The first kappa shape index (κ1) is 20.0. The maximum atomic E-state index is 12.6. The number of carbonyl (C=O) groups is 1. The lowest BCUT2D eigenvalue weighted by Crippen LogP contribution is -2.42. The van der Waals surface area contributed by atoms with Gasteiger partial charge in [0, 0.05) is 7.05 Å². The van der Waals surface area contributed by atoms with Gasteiger partial charge < -0.3 is 19.1 Å². The Morgan fingerprint density at radius 1 is 1.23 bits per heavy atom. The predicted octanol–water partition coefficient (Wildman–Crippen LogP) is 2.06. The lowest BCUT2D eigenvalue weighted by atomic mass is 10.2. The third-order valence-electron chi connectivity index (χ3n) is 4.55. The van der Waals surface area contributed by atoms with Crippen LogP contribution in [0.2, 0.25) is 0 Å². The smallest absolute Gasteiger partial charge is 0.232 e. The van der Waals surface area contributed by atoms with Crippen molar-refractivity contribution in [3.63, 3.8) is 0 Å². The van der Waals surface area contributed by atoms with Crippen LogP contribution < -0.4 is 14.2 Å². The van der Waals surface area contributed by atoms with Gasteiger partial charge in [0.15, 0.2) is 17.6 Å². The highest BCUT2D eigenvalue weighted by molar-refractivity contribution is 7.99. The topological polar surface area (TPSA) is 91.6 Å². The van der Waals surface area contributed by atoms with E-state index in [0.29, 0.717) is 35.5 Å². The maximum absolute atomic E-state index is 12.6. The van der Waals surface area contributed by atoms with Crippen molar-refractivity contribution in [2.24, 2.45) is 0 Å². The number of methoxy groups -OCH3 is 1. The minimum Gasteiger partial charge on any atom is -0.494 e. The molecule has 2 aromatic carbocycles. The summed E-state index contributed by atoms with van der Waals surface area (Å²) in [6.45, 7) is 0.818. The van der Waals surface area contributed by atoms with Crippen LogP contribution in [0.4, 0.5) is 0 Å². The SMILES string of the molecule is COc1ccccc1-n1nnnc1SCC(=O)N(C)C[C@H]1COc2ccccc2O1. The molecule has 3 aromatic rings. The molecule has 30 heavy (non-hydrogen) atoms. The van der Waals surface area contributed by atoms with Crippen LogP contribution in [0.1, 0.15) is 0 Å². The second-order valence-electron chi connectivity index (χ2n) is 6.61. The predicted molar refractivity (Wildman–Crippen MR) is 110 cm³/mol. The van der Waals surface area contributed by atoms with E-state index in [0.717, 1.165) is 5.75 Å². The molecule has 2 heterocycles. The highest BCUT2D eigenvalue weighted by atomic mass is 32.2. The van der Waals surface area contributed by atoms with Crippen molar-refractivity contribution < 1.29 is 19.0 Å². The number of likely N-dealkylation sites (N-methyl/N-ethyl adjacent to an activating group) is 1. The Hall–Kier alpha value is -3.27. The monoisotopic (exact) mass is 427 g/mol. The summed E-state index contributed by atoms with van der Waals surface area (Å²) in [6, 6.07) is 14.9. The van der Waals surface area contributed by atoms with Crippen LogP contribution in [0.3, 0.4) is 0 Å². The summed E-state index contributed by atoms with van der Waals surface area (Å²) in [4.78, 5) is 14.3. The molecule has 1 atom stereocenters. The molecule has 10 heteroatoms. The molecule has 1 aromatic heterocycles. The van der Waals surface area contributed by atoms with Crippen LogP contribution in [0.15, 0.2) is 53.7 Å². The minimum absolute atomic E-state index is 0.0583. The van der Waals surface area contributed by atoms with Crippen LogP contribution in [-0.4, -0.2) is 70.2 Å². The number of nitrogens with zero attached hydrogens (tertiary/aromatic N) is 5. The van der Waals surface area contributed by atoms with Gasteiger partial charge in [0.05, 0.1) is 19.4 Å². The van der Waals surface area contributed by atoms with E-state index in [1.54, 1.807) is 23.7 Å². The number of thioether (sulfide) groups is 1. The fraction of sp³-hybridized carbons (Fsp3) is 0.300. The molecule has 1 aliphatic rings. The zero-order chi connectivity index (χ0) is 20.9. The van der Waals surface area contributed by atoms with Gasteiger partial charge in [0.1, 0.15) is 18.0 Å². The van der Waals surface area contributed by atoms with Crippen LogP contribution in [0.25, 0.3) is 5.69 Å². The van der Waals surface area contributed by atoms with E-state index in [9.17, 15) is 4.79 Å². The first-order valence-electron chi connectivity index (χ1n) is 9.32. The second-order valence-corrected chi connectivity index (χ2v) is 7.55. The lowest BCUT2D eigenvalue weighted by molar-refractivity contribution is -0.128. The molecule has 9 nitrogen and oxygen atoms in total. The number of para-hydroxylation sites is 4. The summed E-state index contributed by atoms with van der Waals surface area (Å²) in [5.41, 5.74) is 0.708. The van der Waals surface area contributed by atoms with Crippen LogP contribution in [0.5, 0.6) is 17.2 Å². The number of carbonyl (C=O) groups excluding carboxylic acids is 1. The zero-order valence-corrected chi connectivity index (χ0v) is 17.4. The fourth-order valence-electron chi connectivity index (χ4n) is 3.02. The van der Waals surface area contributed by atoms with Crippen molar-refractivity contribution >= 4 is 17.7 Å². The van der Waals surface area contributed by atoms with E-state index in [1.165, 1.54) is 11.8 Å². The van der Waals surface area contributed by atoms with E-state index < -0.39 is 0 Å². The molecular formula is C20H21N5O4S. The first-order valence-corrected chi connectivity index (χ1v) is 10.3. The number of tetrazole rings is 1. The molecule has 0 spiro atoms. The molecule has 156 valence electrons. The van der Waals surface area contributed by atoms with Crippen LogP contribution >= 0.6 is 11.8 Å². The number of amides is 1. The van der Waals surface area contributed by atoms with E-state index in [2.05, 4.69) is 15.5 Å². The van der Waals surface area contributed by atoms with Gasteiger partial charge in [0.2, 0.25) is 11.1 Å². The number of benzene rings is 2. The fourth-order valence-corrected chi connectivity index (χ4v) is 3.85. The van der Waals surface area contributed by atoms with Gasteiger partial charge in [-0.05, 0) is 34.7 Å². The third-order valence-corrected chi connectivity index (χ3v) is 5.45. The Morgan fingerprint density at radius 2 is 2.00 bits per heavy atom. The van der Waals surface area contributed by atoms with Gasteiger partial charge in [-0.25, -0.2) is 0 Å². The van der Waals surface area contributed by atoms with E-state index in [1.807, 2.05) is 48.5 Å². The Balaban J connectivity index is 1.35. The van der Waals surface area contributed by atoms with Crippen molar-refractivity contribution in [3.8, 4) is 22.9 Å². The van der Waals surface area contributed by atoms with E-state index in [-0.39, 0.29) is 17.8 Å². The highest BCUT2D eigenvalue weighted by Crippen LogP contribution is 2.31. The van der Waals surface area contributed by atoms with Gasteiger partial charge in [-0.2, -0.15) is 4.68 Å². The molecule has 1 amide bonds. The molecule has 0 unspecified atom stereocenters. The number of fused-ring (bicyclic) bond motifs is 1. The summed E-state index contributed by atoms with van der Waals surface area (Å²) in [6.07, 6.45) is -0.224. The Kier molecular flexibility index (Phi) is 6.03. The molecule has 0 radical (unpaired) electrons. The van der Waals surface area contributed by atoms with Crippen molar-refractivity contribution in [2.75, 3.05) is 33.1 Å². The van der Waals surface area contributed by atoms with Gasteiger partial charge in [0.25, 0.3) is 0 Å². The average Bonchev–Trinajstić information content (AvgIpc) is 3.25. The summed E-state index contributed by atoms with van der Waals surface area (Å²) < 4.78 is 18.6. The number of rotatable bonds is 7. The standard InChI is InChI=1S/C20H21N5O4S/c1-24(11-14-12-28-17-9-5-6-10-18(17)29-14)19(26)13-30-20-21-22-23-25(20)15-7-3-4-8-16(15)27-2/h3-10,14H,11-13H2,1-2H3/t14-/m0/s1. The van der Waals surface area contributed by atoms with Crippen LogP contribution in [0, 0.1) is 0 Å². The number of aromatic nitrogens is 4. The summed E-state index contributed by atoms with van der Waals surface area (Å²) in [5, 5.41) is 12.3. The second kappa shape index (κ2) is 9.04. The largest absolute Gasteiger partial charge is 0.494 e. The number of ether oxygens (including phenoxy) is 3. The number of hydrogen-bond donors (Lipinski definition) is 0. The molecule has 0 aliphatic carbocycles. The van der Waals surface area contributed by atoms with Gasteiger partial charge in [-0.15, -0.1) is 5.10 Å². The summed E-state index contributed by atoms with van der Waals surface area (Å²) >= 11 is 1.26. The van der Waals surface area contributed by atoms with Gasteiger partial charge in [-0.3, -0.25) is 4.79 Å². The quantitative estimate of drug-likeness (QED) is 0.529. The minimum atomic E-state index is -0.224. The number of hydrogen-bond acceptors (Lipinski definition) is 8. The lowest BCUT2D eigenvalue weighted by Gasteiger charge is -2.29. The van der Waals surface area contributed by atoms with Gasteiger partial charge in [-0.1, -0.05) is 36.0 Å². The summed E-state index contributed by atoms with van der Waals surface area (Å²) in [5.74, 6) is 2.19. The Morgan fingerprint density at radius 3 is 2.83 bits per heavy atom. The van der Waals surface area contributed by atoms with E-state index in [4.69, 9.17) is 14.2 Å². The van der Waals surface area contributed by atoms with Crippen molar-refractivity contribution in [3.05, 3.63) is 48.5 Å². The average molecular weight is 427 g/mol. The molecule has 0 saturated carbocycles. The van der Waals surface area contributed by atoms with Crippen molar-refractivity contribution in [2.45, 2.75) is 11.3 Å². The van der Waals surface area contributed by atoms with E-state index >= 15 is 0 Å². The molecule has 0 bridgehead atoms. The Bertz CT molecular complexity index is 1030. The molecular weight excluding hydrogens is 406 g/mol. The van der Waals surface area contributed by atoms with Crippen molar-refractivity contribution in [1.29, 1.82) is 0 Å². The summed E-state index contributed by atoms with van der Waals surface area (Å²) in [7, 11) is 3.33. The molecule has 0 N–H and O–H groups in total. The highest BCUT2D eigenvalue weighted by Gasteiger charge is 2.24. The molecule has 0 saturated heterocycles. The third kappa shape index (κ3) is 4.33. The van der Waals surface area contributed by atoms with Crippen LogP contribution in [-0.2, 0) is 4.79 Å². The molecule has 0 fully saturated rings. The van der Waals surface area contributed by atoms with Gasteiger partial charge >= 0.3 is 0 Å². The maximum Gasteiger partial charge on any atom is 0.232 e. The zero-order valence-electron chi connectivity index (χ0n) is 16.6. The van der Waals surface area contributed by atoms with Crippen molar-refractivity contribution in [1.82, 2.24) is 25.1 Å². The molecule has 4 rings (SSSR count). The normalized spacial score (nSPS) is 14.9. The Labute approximate surface area is 177 Å². The molecule has 1 aliphatic heterocycles.